The summed E-state index contributed by atoms with van der Waals surface area (Å²) in [5.74, 6) is 2.33. The van der Waals surface area contributed by atoms with Crippen LogP contribution < -0.4 is 4.65 Å². The molecule has 0 saturated carbocycles. The van der Waals surface area contributed by atoms with E-state index in [0.29, 0.717) is 42.5 Å². The fourth-order valence-electron chi connectivity index (χ4n) is 12.2. The number of nitrogens with zero attached hydrogens (tertiary/aromatic N) is 10. The van der Waals surface area contributed by atoms with Crippen LogP contribution in [0.25, 0.3) is 168 Å². The number of pyridine rings is 4. The molecule has 0 spiro atoms. The van der Waals surface area contributed by atoms with Gasteiger partial charge < -0.3 is 18.5 Å². The zero-order chi connectivity index (χ0) is 68.6. The standard InChI is InChI=1S/C43H27N5O.C27H16ClN5O.C16H12BO2/c1-2-9-36-29(6-1)7-3-10-37(36)30-14-20-33(21-15-30)41-46-39(31-16-12-28(13-17-31)35-8-4-24-44-27-35)26-40(47-41)32-18-22-34(23-19-32)42-48-38-11-5-25-45-43(38)49-42;28-27-32-23(18-7-5-17(6-8-18)21-3-1-13-29-16-21)15-24(33-27)19-9-11-20(12-10-19)25-31-22-4-2-14-30-26(22)34-25;18-17-19-14-10-8-13(9-11-14)16-7-3-5-12-4-1-2-6-15(12)16/h1-27H;1-16H;1-11,18H. The molecular formula is C86H55BClN10O4. The summed E-state index contributed by atoms with van der Waals surface area (Å²) < 4.78 is 16.6. The van der Waals surface area contributed by atoms with E-state index in [1.807, 2.05) is 176 Å². The molecule has 0 bridgehead atoms. The Bertz CT molecular complexity index is 5880. The number of halogens is 1. The zero-order valence-electron chi connectivity index (χ0n) is 54.3. The van der Waals surface area contributed by atoms with Gasteiger partial charge in [-0.05, 0) is 163 Å². The van der Waals surface area contributed by atoms with Crippen LogP contribution in [0.3, 0.4) is 0 Å². The molecule has 16 heteroatoms. The molecule has 10 aromatic carbocycles. The topological polar surface area (TPSA) is 185 Å². The van der Waals surface area contributed by atoms with Crippen LogP contribution >= 0.6 is 11.6 Å². The highest BCUT2D eigenvalue weighted by atomic mass is 35.5. The molecule has 0 aliphatic rings. The van der Waals surface area contributed by atoms with Crippen LogP contribution in [0.1, 0.15) is 0 Å². The van der Waals surface area contributed by atoms with Crippen LogP contribution in [0.4, 0.5) is 0 Å². The van der Waals surface area contributed by atoms with E-state index >= 15 is 0 Å². The maximum atomic E-state index is 8.60. The second-order valence-corrected chi connectivity index (χ2v) is 24.1. The summed E-state index contributed by atoms with van der Waals surface area (Å²) in [5.41, 5.74) is 21.1. The smallest absolute Gasteiger partial charge is 0.537 e. The molecule has 8 heterocycles. The van der Waals surface area contributed by atoms with Crippen LogP contribution in [0.15, 0.2) is 337 Å². The molecule has 0 unspecified atom stereocenters. The molecule has 1 N–H and O–H groups in total. The van der Waals surface area contributed by atoms with E-state index < -0.39 is 0 Å². The number of aromatic nitrogens is 10. The van der Waals surface area contributed by atoms with Gasteiger partial charge in [0.15, 0.2) is 5.82 Å². The van der Waals surface area contributed by atoms with Crippen molar-refractivity contribution in [1.82, 2.24) is 49.8 Å². The lowest BCUT2D eigenvalue weighted by atomic mass is 9.97. The van der Waals surface area contributed by atoms with Gasteiger partial charge >= 0.3 is 7.69 Å². The Morgan fingerprint density at radius 1 is 0.314 bits per heavy atom. The van der Waals surface area contributed by atoms with Gasteiger partial charge in [0, 0.05) is 76.1 Å². The molecule has 0 amide bonds. The molecule has 1 radical (unpaired) electrons. The van der Waals surface area contributed by atoms with Crippen LogP contribution in [-0.4, -0.2) is 62.5 Å². The number of oxazole rings is 2. The Morgan fingerprint density at radius 3 is 1.11 bits per heavy atom. The van der Waals surface area contributed by atoms with Gasteiger partial charge in [0.05, 0.1) is 22.8 Å². The maximum Gasteiger partial charge on any atom is 0.569 e. The molecule has 8 aromatic heterocycles. The third-order valence-electron chi connectivity index (χ3n) is 17.4. The molecule has 0 atom stereocenters. The van der Waals surface area contributed by atoms with Gasteiger partial charge in [-0.15, -0.1) is 0 Å². The van der Waals surface area contributed by atoms with E-state index in [0.717, 1.165) is 106 Å². The Balaban J connectivity index is 0.000000131. The summed E-state index contributed by atoms with van der Waals surface area (Å²) in [6.07, 6.45) is 10.7. The third kappa shape index (κ3) is 13.9. The minimum Gasteiger partial charge on any atom is -0.537 e. The fraction of sp³-hybridized carbons (Fsp3) is 0. The first-order valence-corrected chi connectivity index (χ1v) is 33.1. The Labute approximate surface area is 591 Å². The van der Waals surface area contributed by atoms with E-state index in [9.17, 15) is 0 Å². The molecule has 18 rings (SSSR count). The Hall–Kier alpha value is -13.5. The molecule has 0 fully saturated rings. The summed E-state index contributed by atoms with van der Waals surface area (Å²) in [7, 11) is 0.687. The van der Waals surface area contributed by atoms with Crippen LogP contribution in [-0.2, 0) is 0 Å². The lowest BCUT2D eigenvalue weighted by Crippen LogP contribution is -1.99. The summed E-state index contributed by atoms with van der Waals surface area (Å²) in [4.78, 5) is 45.1. The highest BCUT2D eigenvalue weighted by Gasteiger charge is 2.17. The van der Waals surface area contributed by atoms with Crippen molar-refractivity contribution < 1.29 is 18.5 Å². The van der Waals surface area contributed by atoms with Crippen molar-refractivity contribution in [3.8, 4) is 130 Å². The number of benzene rings is 10. The summed E-state index contributed by atoms with van der Waals surface area (Å²) in [5, 5.41) is 13.7. The third-order valence-corrected chi connectivity index (χ3v) is 17.5. The second kappa shape index (κ2) is 28.9. The average molecular weight is 1340 g/mol. The first-order valence-electron chi connectivity index (χ1n) is 32.8. The zero-order valence-corrected chi connectivity index (χ0v) is 55.0. The van der Waals surface area contributed by atoms with Gasteiger partial charge in [0.25, 0.3) is 0 Å². The lowest BCUT2D eigenvalue weighted by Gasteiger charge is -2.11. The van der Waals surface area contributed by atoms with Crippen molar-refractivity contribution in [2.24, 2.45) is 0 Å². The van der Waals surface area contributed by atoms with E-state index in [-0.39, 0.29) is 5.28 Å². The number of fused-ring (bicyclic) bond motifs is 4. The highest BCUT2D eigenvalue weighted by molar-refractivity contribution is 6.28. The van der Waals surface area contributed by atoms with Crippen molar-refractivity contribution in [3.63, 3.8) is 0 Å². The number of hydrogen-bond acceptors (Lipinski definition) is 14. The highest BCUT2D eigenvalue weighted by Crippen LogP contribution is 2.36. The number of rotatable bonds is 13. The average Bonchev–Trinajstić information content (AvgIpc) is 1.31. The first kappa shape index (κ1) is 63.3. The molecule has 102 heavy (non-hydrogen) atoms. The van der Waals surface area contributed by atoms with E-state index in [2.05, 4.69) is 167 Å². The minimum atomic E-state index is 0.193. The van der Waals surface area contributed by atoms with Gasteiger partial charge in [0.2, 0.25) is 28.5 Å². The van der Waals surface area contributed by atoms with Gasteiger partial charge in [0.1, 0.15) is 16.8 Å². The van der Waals surface area contributed by atoms with Crippen molar-refractivity contribution in [2.75, 3.05) is 0 Å². The van der Waals surface area contributed by atoms with E-state index in [1.165, 1.54) is 32.7 Å². The fourth-order valence-corrected chi connectivity index (χ4v) is 12.4. The molecule has 0 aliphatic carbocycles. The lowest BCUT2D eigenvalue weighted by molar-refractivity contribution is 0.454. The maximum absolute atomic E-state index is 8.60. The predicted octanol–water partition coefficient (Wildman–Crippen LogP) is 20.7. The SMILES string of the molecule is Clc1nc(-c2ccc(-c3cccnc3)cc2)cc(-c2ccc(-c3nc4cccnc4o3)cc2)n1.O[B]Oc1ccc(-c2cccc3ccccc23)cc1.c1cncc(-c2ccc(-c3cc(-c4ccc(-c5nc6cccnc6o5)cc4)nc(-c4ccc(-c5cccc6ccccc56)cc4)n3)cc2)c1. The van der Waals surface area contributed by atoms with Crippen molar-refractivity contribution in [3.05, 3.63) is 334 Å². The molecule has 483 valence electrons. The van der Waals surface area contributed by atoms with Crippen LogP contribution in [0.2, 0.25) is 5.28 Å². The monoisotopic (exact) mass is 1340 g/mol. The van der Waals surface area contributed by atoms with Crippen LogP contribution in [0, 0.1) is 0 Å². The quantitative estimate of drug-likeness (QED) is 0.0849. The Morgan fingerprint density at radius 2 is 0.686 bits per heavy atom. The molecular weight excluding hydrogens is 1280 g/mol. The largest absolute Gasteiger partial charge is 0.569 e. The van der Waals surface area contributed by atoms with Crippen molar-refractivity contribution >= 4 is 63.3 Å². The summed E-state index contributed by atoms with van der Waals surface area (Å²) in [6.45, 7) is 0. The molecule has 0 saturated heterocycles. The minimum absolute atomic E-state index is 0.193. The summed E-state index contributed by atoms with van der Waals surface area (Å²) in [6, 6.07) is 97.5. The van der Waals surface area contributed by atoms with Crippen molar-refractivity contribution in [1.29, 1.82) is 0 Å². The first-order chi connectivity index (χ1) is 50.4. The van der Waals surface area contributed by atoms with Crippen LogP contribution in [0.5, 0.6) is 5.75 Å². The molecule has 0 aliphatic heterocycles. The Kier molecular flexibility index (Phi) is 17.9. The van der Waals surface area contributed by atoms with Gasteiger partial charge in [-0.25, -0.2) is 39.9 Å². The summed E-state index contributed by atoms with van der Waals surface area (Å²) >= 11 is 6.29. The van der Waals surface area contributed by atoms with Gasteiger partial charge in [-0.1, -0.05) is 206 Å². The predicted molar refractivity (Wildman–Crippen MR) is 405 cm³/mol. The van der Waals surface area contributed by atoms with Crippen molar-refractivity contribution in [2.45, 2.75) is 0 Å². The van der Waals surface area contributed by atoms with Gasteiger partial charge in [-0.3, -0.25) is 9.97 Å². The van der Waals surface area contributed by atoms with Gasteiger partial charge in [-0.2, -0.15) is 0 Å². The number of hydrogen-bond donors (Lipinski definition) is 1. The molecule has 14 nitrogen and oxygen atoms in total. The second-order valence-electron chi connectivity index (χ2n) is 23.7. The van der Waals surface area contributed by atoms with E-state index in [1.54, 1.807) is 24.8 Å². The molecule has 18 aromatic rings. The normalized spacial score (nSPS) is 11.0. The van der Waals surface area contributed by atoms with E-state index in [4.69, 9.17) is 40.1 Å².